The van der Waals surface area contributed by atoms with Crippen LogP contribution in [-0.4, -0.2) is 31.1 Å². The van der Waals surface area contributed by atoms with Crippen LogP contribution in [-0.2, 0) is 11.0 Å². The van der Waals surface area contributed by atoms with E-state index >= 15 is 0 Å². The fourth-order valence-electron chi connectivity index (χ4n) is 3.51. The van der Waals surface area contributed by atoms with Crippen LogP contribution in [0.15, 0.2) is 18.2 Å². The van der Waals surface area contributed by atoms with E-state index in [1.54, 1.807) is 6.92 Å². The third-order valence-electron chi connectivity index (χ3n) is 4.95. The number of carbonyl (C=O) groups excluding carboxylic acids is 1. The van der Waals surface area contributed by atoms with Gasteiger partial charge in [0.15, 0.2) is 0 Å². The second kappa shape index (κ2) is 6.20. The summed E-state index contributed by atoms with van der Waals surface area (Å²) in [6, 6.07) is 3.40. The van der Waals surface area contributed by atoms with Crippen molar-refractivity contribution in [1.82, 2.24) is 10.6 Å². The largest absolute Gasteiger partial charge is 0.491 e. The van der Waals surface area contributed by atoms with Gasteiger partial charge >= 0.3 is 6.18 Å². The topological polar surface area (TPSA) is 50.4 Å². The average Bonchev–Trinajstić information content (AvgIpc) is 2.98. The summed E-state index contributed by atoms with van der Waals surface area (Å²) in [5, 5.41) is 6.25. The molecule has 1 aliphatic carbocycles. The highest BCUT2D eigenvalue weighted by Crippen LogP contribution is 2.48. The lowest BCUT2D eigenvalue weighted by atomic mass is 10.1. The number of halogens is 3. The first-order chi connectivity index (χ1) is 11.6. The molecule has 0 bridgehead atoms. The molecule has 3 rings (SSSR count). The number of aryl methyl sites for hydroxylation is 1. The van der Waals surface area contributed by atoms with Gasteiger partial charge in [-0.05, 0) is 69.5 Å². The first-order valence-electron chi connectivity index (χ1n) is 8.42. The molecule has 0 radical (unpaired) electrons. The molecule has 1 aromatic carbocycles. The van der Waals surface area contributed by atoms with Gasteiger partial charge in [0.1, 0.15) is 12.4 Å². The van der Waals surface area contributed by atoms with E-state index in [0.29, 0.717) is 23.1 Å². The van der Waals surface area contributed by atoms with Gasteiger partial charge in [-0.1, -0.05) is 0 Å². The van der Waals surface area contributed by atoms with Crippen molar-refractivity contribution in [2.75, 3.05) is 19.7 Å². The van der Waals surface area contributed by atoms with Crippen molar-refractivity contribution in [3.8, 4) is 5.75 Å². The predicted molar refractivity (Wildman–Crippen MR) is 87.2 cm³/mol. The van der Waals surface area contributed by atoms with Crippen LogP contribution < -0.4 is 15.4 Å². The lowest BCUT2D eigenvalue weighted by molar-refractivity contribution is -0.137. The van der Waals surface area contributed by atoms with E-state index in [4.69, 9.17) is 4.74 Å². The number of amides is 1. The lowest BCUT2D eigenvalue weighted by Crippen LogP contribution is -2.49. The smallest absolute Gasteiger partial charge is 0.416 e. The number of hydrogen-bond donors (Lipinski definition) is 2. The third kappa shape index (κ3) is 3.92. The van der Waals surface area contributed by atoms with Crippen molar-refractivity contribution in [1.29, 1.82) is 0 Å². The summed E-state index contributed by atoms with van der Waals surface area (Å²) in [6.45, 7) is 7.25. The Kier molecular flexibility index (Phi) is 4.47. The Hall–Kier alpha value is -1.76. The number of benzene rings is 1. The maximum atomic E-state index is 12.7. The Bertz CT molecular complexity index is 663. The Morgan fingerprint density at radius 3 is 2.48 bits per heavy atom. The number of fused-ring (bicyclic) bond motifs is 1. The number of carbonyl (C=O) groups is 1. The molecule has 2 aliphatic rings. The second-order valence-corrected chi connectivity index (χ2v) is 7.65. The number of hydrogen-bond acceptors (Lipinski definition) is 3. The van der Waals surface area contributed by atoms with Crippen molar-refractivity contribution in [2.24, 2.45) is 17.8 Å². The highest BCUT2D eigenvalue weighted by Gasteiger charge is 2.57. The molecule has 1 aromatic rings. The molecule has 1 saturated heterocycles. The van der Waals surface area contributed by atoms with E-state index in [1.165, 1.54) is 6.07 Å². The van der Waals surface area contributed by atoms with Crippen molar-refractivity contribution >= 4 is 5.91 Å². The fourth-order valence-corrected chi connectivity index (χ4v) is 3.51. The molecule has 1 saturated carbocycles. The zero-order chi connectivity index (χ0) is 18.4. The highest BCUT2D eigenvalue weighted by molar-refractivity contribution is 5.83. The van der Waals surface area contributed by atoms with Crippen LogP contribution in [0.4, 0.5) is 13.2 Å². The van der Waals surface area contributed by atoms with Gasteiger partial charge in [0.25, 0.3) is 0 Å². The monoisotopic (exact) mass is 356 g/mol. The number of alkyl halides is 3. The maximum Gasteiger partial charge on any atom is 0.416 e. The first kappa shape index (κ1) is 18.0. The third-order valence-corrected chi connectivity index (χ3v) is 4.95. The van der Waals surface area contributed by atoms with Crippen LogP contribution in [0.2, 0.25) is 0 Å². The first-order valence-corrected chi connectivity index (χ1v) is 8.42. The van der Waals surface area contributed by atoms with Crippen molar-refractivity contribution in [3.63, 3.8) is 0 Å². The lowest BCUT2D eigenvalue weighted by Gasteiger charge is -2.27. The van der Waals surface area contributed by atoms with Crippen molar-refractivity contribution in [3.05, 3.63) is 29.3 Å². The zero-order valence-electron chi connectivity index (χ0n) is 14.5. The van der Waals surface area contributed by atoms with Crippen LogP contribution in [0.3, 0.4) is 0 Å². The summed E-state index contributed by atoms with van der Waals surface area (Å²) in [4.78, 5) is 12.3. The molecular weight excluding hydrogens is 333 g/mol. The minimum Gasteiger partial charge on any atom is -0.491 e. The van der Waals surface area contributed by atoms with E-state index in [0.717, 1.165) is 25.2 Å². The number of rotatable bonds is 5. The van der Waals surface area contributed by atoms with Crippen molar-refractivity contribution < 1.29 is 22.7 Å². The molecule has 0 spiro atoms. The molecule has 0 unspecified atom stereocenters. The van der Waals surface area contributed by atoms with Gasteiger partial charge in [-0.2, -0.15) is 13.2 Å². The van der Waals surface area contributed by atoms with E-state index < -0.39 is 17.3 Å². The molecule has 138 valence electrons. The number of ether oxygens (including phenoxy) is 1. The van der Waals surface area contributed by atoms with E-state index in [1.807, 2.05) is 13.8 Å². The Morgan fingerprint density at radius 1 is 1.28 bits per heavy atom. The molecule has 1 aliphatic heterocycles. The summed E-state index contributed by atoms with van der Waals surface area (Å²) in [5.41, 5.74) is -0.880. The predicted octanol–water partition coefficient (Wildman–Crippen LogP) is 2.75. The highest BCUT2D eigenvalue weighted by atomic mass is 19.4. The van der Waals surface area contributed by atoms with Crippen molar-refractivity contribution in [2.45, 2.75) is 32.5 Å². The van der Waals surface area contributed by atoms with Crippen LogP contribution in [0.25, 0.3) is 0 Å². The molecule has 25 heavy (non-hydrogen) atoms. The zero-order valence-corrected chi connectivity index (χ0v) is 14.5. The van der Waals surface area contributed by atoms with Gasteiger partial charge in [0.05, 0.1) is 11.1 Å². The van der Waals surface area contributed by atoms with Gasteiger partial charge in [-0.3, -0.25) is 4.79 Å². The van der Waals surface area contributed by atoms with E-state index in [9.17, 15) is 18.0 Å². The summed E-state index contributed by atoms with van der Waals surface area (Å²) in [7, 11) is 0. The van der Waals surface area contributed by atoms with E-state index in [2.05, 4.69) is 10.6 Å². The van der Waals surface area contributed by atoms with Crippen LogP contribution in [0.5, 0.6) is 5.75 Å². The summed E-state index contributed by atoms with van der Waals surface area (Å²) >= 11 is 0. The van der Waals surface area contributed by atoms with Crippen LogP contribution in [0.1, 0.15) is 25.0 Å². The molecule has 0 aromatic heterocycles. The van der Waals surface area contributed by atoms with Gasteiger partial charge in [-0.15, -0.1) is 0 Å². The molecule has 1 amide bonds. The van der Waals surface area contributed by atoms with Crippen LogP contribution in [0, 0.1) is 24.7 Å². The molecule has 1 heterocycles. The Morgan fingerprint density at radius 2 is 1.92 bits per heavy atom. The van der Waals surface area contributed by atoms with E-state index in [-0.39, 0.29) is 18.4 Å². The number of nitrogens with one attached hydrogen (secondary N) is 2. The van der Waals surface area contributed by atoms with Gasteiger partial charge < -0.3 is 15.4 Å². The summed E-state index contributed by atoms with van der Waals surface area (Å²) in [6.07, 6.45) is -4.37. The van der Waals surface area contributed by atoms with Gasteiger partial charge in [0, 0.05) is 5.92 Å². The molecule has 4 nitrogen and oxygen atoms in total. The molecule has 2 fully saturated rings. The SMILES string of the molecule is Cc1cc(C(F)(F)F)ccc1OCC(C)(C)NC(=O)[C@H]1[C@@H]2CNC[C@@H]21. The summed E-state index contributed by atoms with van der Waals surface area (Å²) < 4.78 is 43.8. The fraction of sp³-hybridized carbons (Fsp3) is 0.611. The molecule has 7 heteroatoms. The average molecular weight is 356 g/mol. The van der Waals surface area contributed by atoms with Gasteiger partial charge in [-0.25, -0.2) is 0 Å². The Labute approximate surface area is 145 Å². The second-order valence-electron chi connectivity index (χ2n) is 7.65. The van der Waals surface area contributed by atoms with Crippen LogP contribution >= 0.6 is 0 Å². The normalized spacial score (nSPS) is 25.4. The minimum atomic E-state index is -4.37. The minimum absolute atomic E-state index is 0.0363. The quantitative estimate of drug-likeness (QED) is 0.853. The Balaban J connectivity index is 1.56. The van der Waals surface area contributed by atoms with Gasteiger partial charge in [0.2, 0.25) is 5.91 Å². The molecule has 3 atom stereocenters. The maximum absolute atomic E-state index is 12.7. The number of piperidine rings is 1. The molecular formula is C18H23F3N2O2. The summed E-state index contributed by atoms with van der Waals surface area (Å²) in [5.74, 6) is 1.38. The molecule has 2 N–H and O–H groups in total. The standard InChI is InChI=1S/C18H23F3N2O2/c1-10-6-11(18(19,20)21)4-5-14(10)25-9-17(2,3)23-16(24)15-12-7-22-8-13(12)15/h4-6,12-13,15,22H,7-9H2,1-3H3,(H,23,24)/t12-,13+,15+.